The molecule has 26 heavy (non-hydrogen) atoms. The SMILES string of the molecule is O=C(CSc1nnc(-c2ccccc2F)o1)Nc1ccc([N+](=O)[O-])cc1. The lowest BCUT2D eigenvalue weighted by Gasteiger charge is -2.03. The van der Waals surface area contributed by atoms with E-state index >= 15 is 0 Å². The number of hydrogen-bond acceptors (Lipinski definition) is 7. The molecule has 2 aromatic carbocycles. The summed E-state index contributed by atoms with van der Waals surface area (Å²) in [4.78, 5) is 22.0. The summed E-state index contributed by atoms with van der Waals surface area (Å²) in [5, 5.41) is 20.8. The Labute approximate surface area is 150 Å². The Hall–Kier alpha value is -3.27. The molecule has 0 bridgehead atoms. The number of rotatable bonds is 6. The summed E-state index contributed by atoms with van der Waals surface area (Å²) in [6.45, 7) is 0. The number of aromatic nitrogens is 2. The van der Waals surface area contributed by atoms with Crippen LogP contribution in [0.3, 0.4) is 0 Å². The smallest absolute Gasteiger partial charge is 0.277 e. The second kappa shape index (κ2) is 7.74. The number of carbonyl (C=O) groups is 1. The molecule has 1 aromatic heterocycles. The third-order valence-electron chi connectivity index (χ3n) is 3.20. The molecule has 0 saturated carbocycles. The van der Waals surface area contributed by atoms with Crippen molar-refractivity contribution in [3.8, 4) is 11.5 Å². The van der Waals surface area contributed by atoms with E-state index in [9.17, 15) is 19.3 Å². The number of nitrogens with one attached hydrogen (secondary N) is 1. The monoisotopic (exact) mass is 374 g/mol. The molecule has 3 aromatic rings. The summed E-state index contributed by atoms with van der Waals surface area (Å²) < 4.78 is 19.0. The molecule has 1 N–H and O–H groups in total. The van der Waals surface area contributed by atoms with Crippen LogP contribution in [0.1, 0.15) is 0 Å². The second-order valence-electron chi connectivity index (χ2n) is 4.99. The number of non-ortho nitro benzene ring substituents is 1. The number of amides is 1. The van der Waals surface area contributed by atoms with Crippen molar-refractivity contribution in [2.75, 3.05) is 11.1 Å². The quantitative estimate of drug-likeness (QED) is 0.399. The Balaban J connectivity index is 1.56. The maximum absolute atomic E-state index is 13.7. The zero-order valence-electron chi connectivity index (χ0n) is 13.1. The van der Waals surface area contributed by atoms with Crippen molar-refractivity contribution < 1.29 is 18.5 Å². The normalized spacial score (nSPS) is 10.5. The van der Waals surface area contributed by atoms with Gasteiger partial charge in [0.2, 0.25) is 5.91 Å². The summed E-state index contributed by atoms with van der Waals surface area (Å²) in [6.07, 6.45) is 0. The van der Waals surface area contributed by atoms with E-state index in [0.717, 1.165) is 11.8 Å². The summed E-state index contributed by atoms with van der Waals surface area (Å²) in [5.74, 6) is -0.824. The first-order chi connectivity index (χ1) is 12.5. The van der Waals surface area contributed by atoms with Gasteiger partial charge in [0.15, 0.2) is 0 Å². The molecule has 0 aliphatic carbocycles. The molecule has 0 radical (unpaired) electrons. The van der Waals surface area contributed by atoms with E-state index < -0.39 is 10.7 Å². The van der Waals surface area contributed by atoms with Crippen molar-refractivity contribution in [1.29, 1.82) is 0 Å². The highest BCUT2D eigenvalue weighted by Crippen LogP contribution is 2.25. The molecule has 1 amide bonds. The van der Waals surface area contributed by atoms with Gasteiger partial charge in [-0.25, -0.2) is 4.39 Å². The number of hydrogen-bond donors (Lipinski definition) is 1. The minimum atomic E-state index is -0.524. The molecule has 0 spiro atoms. The molecule has 0 fully saturated rings. The molecule has 0 aliphatic rings. The predicted octanol–water partition coefficient (Wildman–Crippen LogP) is 3.51. The number of carbonyl (C=O) groups excluding carboxylic acids is 1. The van der Waals surface area contributed by atoms with Gasteiger partial charge in [-0.2, -0.15) is 0 Å². The molecule has 0 unspecified atom stereocenters. The van der Waals surface area contributed by atoms with Crippen LogP contribution in [0.4, 0.5) is 15.8 Å². The van der Waals surface area contributed by atoms with Gasteiger partial charge in [0, 0.05) is 17.8 Å². The van der Waals surface area contributed by atoms with Crippen LogP contribution in [-0.2, 0) is 4.79 Å². The summed E-state index contributed by atoms with van der Waals surface area (Å²) in [6, 6.07) is 11.4. The number of nitro benzene ring substituents is 1. The zero-order valence-corrected chi connectivity index (χ0v) is 13.9. The molecular formula is C16H11FN4O4S. The van der Waals surface area contributed by atoms with Crippen LogP contribution in [0.5, 0.6) is 0 Å². The van der Waals surface area contributed by atoms with Gasteiger partial charge in [0.05, 0.1) is 16.2 Å². The fourth-order valence-corrected chi connectivity index (χ4v) is 2.57. The summed E-state index contributed by atoms with van der Waals surface area (Å²) in [5.41, 5.74) is 0.546. The molecule has 10 heteroatoms. The fourth-order valence-electron chi connectivity index (χ4n) is 2.00. The highest BCUT2D eigenvalue weighted by atomic mass is 32.2. The first-order valence-electron chi connectivity index (χ1n) is 7.28. The highest BCUT2D eigenvalue weighted by molar-refractivity contribution is 7.99. The lowest BCUT2D eigenvalue weighted by molar-refractivity contribution is -0.384. The van der Waals surface area contributed by atoms with Gasteiger partial charge < -0.3 is 9.73 Å². The van der Waals surface area contributed by atoms with Gasteiger partial charge in [0.25, 0.3) is 16.8 Å². The van der Waals surface area contributed by atoms with Crippen molar-refractivity contribution in [2.24, 2.45) is 0 Å². The van der Waals surface area contributed by atoms with Crippen LogP contribution >= 0.6 is 11.8 Å². The highest BCUT2D eigenvalue weighted by Gasteiger charge is 2.14. The van der Waals surface area contributed by atoms with E-state index in [-0.39, 0.29) is 34.0 Å². The van der Waals surface area contributed by atoms with Crippen molar-refractivity contribution in [3.05, 3.63) is 64.5 Å². The second-order valence-corrected chi connectivity index (χ2v) is 5.92. The fraction of sp³-hybridized carbons (Fsp3) is 0.0625. The topological polar surface area (TPSA) is 111 Å². The Morgan fingerprint density at radius 1 is 1.19 bits per heavy atom. The maximum atomic E-state index is 13.7. The lowest BCUT2D eigenvalue weighted by atomic mass is 10.2. The van der Waals surface area contributed by atoms with E-state index in [0.29, 0.717) is 5.69 Å². The lowest BCUT2D eigenvalue weighted by Crippen LogP contribution is -2.13. The van der Waals surface area contributed by atoms with Crippen LogP contribution in [-0.4, -0.2) is 26.8 Å². The van der Waals surface area contributed by atoms with Crippen LogP contribution in [0.2, 0.25) is 0 Å². The molecule has 0 aliphatic heterocycles. The van der Waals surface area contributed by atoms with Crippen LogP contribution in [0.15, 0.2) is 58.2 Å². The molecule has 3 rings (SSSR count). The zero-order chi connectivity index (χ0) is 18.5. The Morgan fingerprint density at radius 3 is 2.62 bits per heavy atom. The minimum Gasteiger partial charge on any atom is -0.411 e. The molecular weight excluding hydrogens is 363 g/mol. The largest absolute Gasteiger partial charge is 0.411 e. The predicted molar refractivity (Wildman–Crippen MR) is 92.1 cm³/mol. The van der Waals surface area contributed by atoms with E-state index in [1.807, 2.05) is 0 Å². The standard InChI is InChI=1S/C16H11FN4O4S/c17-13-4-2-1-3-12(13)15-19-20-16(25-15)26-9-14(22)18-10-5-7-11(8-6-10)21(23)24/h1-8H,9H2,(H,18,22). The van der Waals surface area contributed by atoms with E-state index in [4.69, 9.17) is 4.42 Å². The van der Waals surface area contributed by atoms with E-state index in [1.54, 1.807) is 12.1 Å². The van der Waals surface area contributed by atoms with E-state index in [2.05, 4.69) is 15.5 Å². The number of halogens is 1. The van der Waals surface area contributed by atoms with Crippen LogP contribution in [0, 0.1) is 15.9 Å². The Bertz CT molecular complexity index is 945. The van der Waals surface area contributed by atoms with Crippen LogP contribution in [0.25, 0.3) is 11.5 Å². The average molecular weight is 374 g/mol. The maximum Gasteiger partial charge on any atom is 0.277 e. The van der Waals surface area contributed by atoms with Gasteiger partial charge >= 0.3 is 0 Å². The molecule has 132 valence electrons. The number of anilines is 1. The Kier molecular flexibility index (Phi) is 5.23. The average Bonchev–Trinajstić information content (AvgIpc) is 3.09. The van der Waals surface area contributed by atoms with Gasteiger partial charge in [-0.1, -0.05) is 23.9 Å². The number of benzene rings is 2. The number of nitro groups is 1. The summed E-state index contributed by atoms with van der Waals surface area (Å²) >= 11 is 0.994. The molecule has 0 saturated heterocycles. The molecule has 1 heterocycles. The van der Waals surface area contributed by atoms with Crippen molar-refractivity contribution in [3.63, 3.8) is 0 Å². The summed E-state index contributed by atoms with van der Waals surface area (Å²) in [7, 11) is 0. The third kappa shape index (κ3) is 4.22. The van der Waals surface area contributed by atoms with Gasteiger partial charge in [0.1, 0.15) is 5.82 Å². The number of thioether (sulfide) groups is 1. The third-order valence-corrected chi connectivity index (χ3v) is 4.02. The van der Waals surface area contributed by atoms with Gasteiger partial charge in [-0.05, 0) is 24.3 Å². The molecule has 0 atom stereocenters. The van der Waals surface area contributed by atoms with Crippen LogP contribution < -0.4 is 5.32 Å². The van der Waals surface area contributed by atoms with Crippen molar-refractivity contribution in [1.82, 2.24) is 10.2 Å². The van der Waals surface area contributed by atoms with Gasteiger partial charge in [-0.15, -0.1) is 10.2 Å². The molecule has 8 nitrogen and oxygen atoms in total. The first kappa shape index (κ1) is 17.5. The minimum absolute atomic E-state index is 0.0180. The number of nitrogens with zero attached hydrogens (tertiary/aromatic N) is 3. The van der Waals surface area contributed by atoms with Crippen molar-refractivity contribution >= 4 is 29.0 Å². The van der Waals surface area contributed by atoms with Gasteiger partial charge in [-0.3, -0.25) is 14.9 Å². The Morgan fingerprint density at radius 2 is 1.92 bits per heavy atom. The van der Waals surface area contributed by atoms with Crippen molar-refractivity contribution in [2.45, 2.75) is 5.22 Å². The first-order valence-corrected chi connectivity index (χ1v) is 8.27. The van der Waals surface area contributed by atoms with E-state index in [1.165, 1.54) is 36.4 Å².